The van der Waals surface area contributed by atoms with Gasteiger partial charge in [-0.3, -0.25) is 14.5 Å². The third kappa shape index (κ3) is 3.27. The molecule has 2 heterocycles. The summed E-state index contributed by atoms with van der Waals surface area (Å²) in [5.74, 6) is 0.965. The van der Waals surface area contributed by atoms with Gasteiger partial charge in [-0.15, -0.1) is 0 Å². The van der Waals surface area contributed by atoms with Crippen molar-refractivity contribution < 1.29 is 14.0 Å². The number of carbonyl (C=O) groups is 2. The van der Waals surface area contributed by atoms with E-state index in [1.54, 1.807) is 6.26 Å². The predicted molar refractivity (Wildman–Crippen MR) is 82.2 cm³/mol. The number of amides is 2. The van der Waals surface area contributed by atoms with Crippen molar-refractivity contribution in [2.75, 3.05) is 6.54 Å². The summed E-state index contributed by atoms with van der Waals surface area (Å²) in [5, 5.41) is 0. The Bertz CT molecular complexity index is 618. The number of imide groups is 1. The Hall–Kier alpha value is -2.36. The third-order valence-electron chi connectivity index (χ3n) is 4.13. The molecule has 4 nitrogen and oxygen atoms in total. The summed E-state index contributed by atoms with van der Waals surface area (Å²) in [5.41, 5.74) is 1.22. The number of hydrogen-bond donors (Lipinski definition) is 0. The molecule has 4 heteroatoms. The van der Waals surface area contributed by atoms with Crippen LogP contribution in [0.15, 0.2) is 53.1 Å². The summed E-state index contributed by atoms with van der Waals surface area (Å²) in [7, 11) is 0. The second-order valence-corrected chi connectivity index (χ2v) is 5.63. The molecule has 0 radical (unpaired) electrons. The lowest BCUT2D eigenvalue weighted by molar-refractivity contribution is -0.138. The number of nitrogens with zero attached hydrogens (tertiary/aromatic N) is 1. The van der Waals surface area contributed by atoms with E-state index in [0.29, 0.717) is 19.4 Å². The molecule has 0 spiro atoms. The van der Waals surface area contributed by atoms with Gasteiger partial charge in [0, 0.05) is 25.3 Å². The summed E-state index contributed by atoms with van der Waals surface area (Å²) in [4.78, 5) is 24.8. The number of benzene rings is 1. The molecule has 0 bridgehead atoms. The average Bonchev–Trinajstić information content (AvgIpc) is 3.16. The zero-order valence-electron chi connectivity index (χ0n) is 12.4. The topological polar surface area (TPSA) is 50.5 Å². The normalized spacial score (nSPS) is 16.3. The van der Waals surface area contributed by atoms with Gasteiger partial charge in [-0.2, -0.15) is 0 Å². The Balaban J connectivity index is 1.69. The van der Waals surface area contributed by atoms with Crippen LogP contribution < -0.4 is 0 Å². The minimum Gasteiger partial charge on any atom is -0.469 e. The van der Waals surface area contributed by atoms with E-state index in [-0.39, 0.29) is 17.7 Å². The van der Waals surface area contributed by atoms with E-state index in [0.717, 1.165) is 18.6 Å². The predicted octanol–water partition coefficient (Wildman–Crippen LogP) is 3.15. The molecule has 1 aliphatic rings. The first-order valence-corrected chi connectivity index (χ1v) is 7.64. The van der Waals surface area contributed by atoms with Gasteiger partial charge in [0.05, 0.1) is 6.26 Å². The molecule has 22 heavy (non-hydrogen) atoms. The molecule has 0 aliphatic carbocycles. The Morgan fingerprint density at radius 3 is 2.36 bits per heavy atom. The van der Waals surface area contributed by atoms with Gasteiger partial charge in [-0.05, 0) is 30.5 Å². The first kappa shape index (κ1) is 14.6. The Labute approximate surface area is 129 Å². The van der Waals surface area contributed by atoms with Crippen LogP contribution in [0.25, 0.3) is 0 Å². The highest BCUT2D eigenvalue weighted by Gasteiger charge is 2.29. The van der Waals surface area contributed by atoms with Crippen LogP contribution in [0.4, 0.5) is 0 Å². The van der Waals surface area contributed by atoms with Gasteiger partial charge in [0.25, 0.3) is 0 Å². The first-order chi connectivity index (χ1) is 10.7. The highest BCUT2D eigenvalue weighted by molar-refractivity contribution is 6.01. The fourth-order valence-electron chi connectivity index (χ4n) is 2.92. The molecule has 114 valence electrons. The van der Waals surface area contributed by atoms with Gasteiger partial charge >= 0.3 is 0 Å². The minimum absolute atomic E-state index is 0.0529. The van der Waals surface area contributed by atoms with Crippen molar-refractivity contribution in [3.63, 3.8) is 0 Å². The molecule has 2 aromatic rings. The first-order valence-electron chi connectivity index (χ1n) is 7.64. The number of furan rings is 1. The van der Waals surface area contributed by atoms with Crippen molar-refractivity contribution in [1.29, 1.82) is 0 Å². The van der Waals surface area contributed by atoms with E-state index in [1.165, 1.54) is 10.5 Å². The molecule has 2 amide bonds. The van der Waals surface area contributed by atoms with Crippen LogP contribution in [-0.4, -0.2) is 23.3 Å². The van der Waals surface area contributed by atoms with Crippen molar-refractivity contribution >= 4 is 11.8 Å². The molecule has 1 aromatic carbocycles. The number of hydrogen-bond acceptors (Lipinski definition) is 3. The lowest BCUT2D eigenvalue weighted by atomic mass is 9.93. The summed E-state index contributed by atoms with van der Waals surface area (Å²) >= 11 is 0. The molecule has 1 aromatic heterocycles. The monoisotopic (exact) mass is 297 g/mol. The van der Waals surface area contributed by atoms with Gasteiger partial charge in [-0.1, -0.05) is 30.3 Å². The fraction of sp³-hybridized carbons (Fsp3) is 0.333. The zero-order chi connectivity index (χ0) is 15.4. The maximum atomic E-state index is 11.7. The van der Waals surface area contributed by atoms with Crippen LogP contribution >= 0.6 is 0 Å². The minimum atomic E-state index is -0.0529. The van der Waals surface area contributed by atoms with Gasteiger partial charge in [0.2, 0.25) is 11.8 Å². The molecule has 1 aliphatic heterocycles. The Morgan fingerprint density at radius 1 is 1.00 bits per heavy atom. The molecule has 0 N–H and O–H groups in total. The summed E-state index contributed by atoms with van der Waals surface area (Å²) in [6, 6.07) is 14.0. The largest absolute Gasteiger partial charge is 0.469 e. The van der Waals surface area contributed by atoms with Gasteiger partial charge < -0.3 is 4.42 Å². The summed E-state index contributed by atoms with van der Waals surface area (Å²) in [6.45, 7) is 0.468. The summed E-state index contributed by atoms with van der Waals surface area (Å²) in [6.07, 6.45) is 3.93. The van der Waals surface area contributed by atoms with E-state index in [9.17, 15) is 9.59 Å². The molecular formula is C18H19NO3. The standard InChI is InChI=1S/C18H19NO3/c20-17-8-9-18(21)19(17)11-10-15(16-7-4-12-22-16)13-14-5-2-1-3-6-14/h1-7,12,15H,8-11,13H2. The van der Waals surface area contributed by atoms with Crippen LogP contribution in [0.1, 0.15) is 36.5 Å². The van der Waals surface area contributed by atoms with E-state index in [2.05, 4.69) is 12.1 Å². The van der Waals surface area contributed by atoms with E-state index in [1.807, 2.05) is 30.3 Å². The maximum absolute atomic E-state index is 11.7. The van der Waals surface area contributed by atoms with Crippen molar-refractivity contribution in [2.24, 2.45) is 0 Å². The molecule has 3 rings (SSSR count). The van der Waals surface area contributed by atoms with Crippen molar-refractivity contribution in [3.05, 3.63) is 60.1 Å². The number of carbonyl (C=O) groups excluding carboxylic acids is 2. The van der Waals surface area contributed by atoms with Crippen LogP contribution in [0.3, 0.4) is 0 Å². The molecule has 0 saturated carbocycles. The number of rotatable bonds is 6. The molecular weight excluding hydrogens is 278 g/mol. The maximum Gasteiger partial charge on any atom is 0.229 e. The van der Waals surface area contributed by atoms with Crippen LogP contribution in [0, 0.1) is 0 Å². The fourth-order valence-corrected chi connectivity index (χ4v) is 2.92. The Kier molecular flexibility index (Phi) is 4.37. The zero-order valence-corrected chi connectivity index (χ0v) is 12.4. The lowest BCUT2D eigenvalue weighted by Gasteiger charge is -2.19. The second kappa shape index (κ2) is 6.60. The van der Waals surface area contributed by atoms with Crippen molar-refractivity contribution in [3.8, 4) is 0 Å². The Morgan fingerprint density at radius 2 is 1.73 bits per heavy atom. The third-order valence-corrected chi connectivity index (χ3v) is 4.13. The van der Waals surface area contributed by atoms with Crippen molar-refractivity contribution in [1.82, 2.24) is 4.90 Å². The van der Waals surface area contributed by atoms with E-state index in [4.69, 9.17) is 4.42 Å². The van der Waals surface area contributed by atoms with E-state index < -0.39 is 0 Å². The summed E-state index contributed by atoms with van der Waals surface area (Å²) < 4.78 is 5.55. The van der Waals surface area contributed by atoms with Crippen LogP contribution in [0.2, 0.25) is 0 Å². The van der Waals surface area contributed by atoms with E-state index >= 15 is 0 Å². The molecule has 1 unspecified atom stereocenters. The lowest BCUT2D eigenvalue weighted by Crippen LogP contribution is -2.31. The highest BCUT2D eigenvalue weighted by Crippen LogP contribution is 2.26. The quantitative estimate of drug-likeness (QED) is 0.770. The van der Waals surface area contributed by atoms with Crippen molar-refractivity contribution in [2.45, 2.75) is 31.6 Å². The number of likely N-dealkylation sites (tertiary alicyclic amines) is 1. The smallest absolute Gasteiger partial charge is 0.229 e. The molecule has 1 saturated heterocycles. The van der Waals surface area contributed by atoms with Crippen LogP contribution in [-0.2, 0) is 16.0 Å². The highest BCUT2D eigenvalue weighted by atomic mass is 16.3. The van der Waals surface area contributed by atoms with Gasteiger partial charge in [0.15, 0.2) is 0 Å². The average molecular weight is 297 g/mol. The van der Waals surface area contributed by atoms with Gasteiger partial charge in [-0.25, -0.2) is 0 Å². The molecule has 1 fully saturated rings. The van der Waals surface area contributed by atoms with Crippen LogP contribution in [0.5, 0.6) is 0 Å². The van der Waals surface area contributed by atoms with Gasteiger partial charge in [0.1, 0.15) is 5.76 Å². The SMILES string of the molecule is O=C1CCC(=O)N1CCC(Cc1ccccc1)c1ccco1. The molecule has 1 atom stereocenters. The second-order valence-electron chi connectivity index (χ2n) is 5.63.